The SMILES string of the molecule is COC(=O)c1ccc(N2C[C@H]3C[C@@H](NC(C)=O)[C@H](OCC4CC4)C[C@H]3C2)nc1. The van der Waals surface area contributed by atoms with Crippen molar-refractivity contribution >= 4 is 17.7 Å². The Bertz CT molecular complexity index is 719. The maximum atomic E-state index is 11.7. The van der Waals surface area contributed by atoms with Crippen LogP contribution in [0.4, 0.5) is 5.82 Å². The van der Waals surface area contributed by atoms with Crippen molar-refractivity contribution in [2.75, 3.05) is 31.7 Å². The Morgan fingerprint density at radius 2 is 1.96 bits per heavy atom. The van der Waals surface area contributed by atoms with Crippen LogP contribution in [0.2, 0.25) is 0 Å². The first-order valence-electron chi connectivity index (χ1n) is 10.2. The van der Waals surface area contributed by atoms with Crippen LogP contribution in [-0.2, 0) is 14.3 Å². The standard InChI is InChI=1S/C21H29N3O4/c1-13(25)23-18-7-16-10-24(20-6-5-15(9-22-20)21(26)27-2)11-17(16)8-19(18)28-12-14-3-4-14/h5-6,9,14,16-19H,3-4,7-8,10-12H2,1-2H3,(H,23,25)/t16-,17+,18-,19-/m1/s1. The molecule has 0 aromatic carbocycles. The molecular weight excluding hydrogens is 358 g/mol. The molecule has 2 saturated carbocycles. The lowest BCUT2D eigenvalue weighted by atomic mass is 9.77. The number of aromatic nitrogens is 1. The second-order valence-corrected chi connectivity index (χ2v) is 8.42. The van der Waals surface area contributed by atoms with Gasteiger partial charge >= 0.3 is 5.97 Å². The molecule has 4 atom stereocenters. The molecular formula is C21H29N3O4. The molecule has 0 radical (unpaired) electrons. The maximum absolute atomic E-state index is 11.7. The Morgan fingerprint density at radius 1 is 1.21 bits per heavy atom. The molecule has 1 aromatic heterocycles. The molecule has 0 spiro atoms. The highest BCUT2D eigenvalue weighted by atomic mass is 16.5. The molecule has 1 N–H and O–H groups in total. The van der Waals surface area contributed by atoms with E-state index in [0.29, 0.717) is 23.3 Å². The fourth-order valence-electron chi connectivity index (χ4n) is 4.55. The molecule has 3 aliphatic rings. The first-order valence-corrected chi connectivity index (χ1v) is 10.2. The third-order valence-corrected chi connectivity index (χ3v) is 6.24. The Hall–Kier alpha value is -2.15. The van der Waals surface area contributed by atoms with Crippen LogP contribution in [0, 0.1) is 17.8 Å². The summed E-state index contributed by atoms with van der Waals surface area (Å²) in [5.41, 5.74) is 0.460. The van der Waals surface area contributed by atoms with Crippen LogP contribution in [0.3, 0.4) is 0 Å². The Balaban J connectivity index is 1.41. The van der Waals surface area contributed by atoms with Gasteiger partial charge in [-0.15, -0.1) is 0 Å². The lowest BCUT2D eigenvalue weighted by Crippen LogP contribution is -2.50. The molecule has 4 rings (SSSR count). The topological polar surface area (TPSA) is 80.8 Å². The molecule has 3 fully saturated rings. The lowest BCUT2D eigenvalue weighted by Gasteiger charge is -2.38. The van der Waals surface area contributed by atoms with Crippen molar-refractivity contribution in [3.63, 3.8) is 0 Å². The Morgan fingerprint density at radius 3 is 2.57 bits per heavy atom. The summed E-state index contributed by atoms with van der Waals surface area (Å²) in [6, 6.07) is 3.74. The predicted molar refractivity (Wildman–Crippen MR) is 104 cm³/mol. The average Bonchev–Trinajstić information content (AvgIpc) is 3.43. The van der Waals surface area contributed by atoms with Gasteiger partial charge in [0.15, 0.2) is 0 Å². The minimum atomic E-state index is -0.372. The number of fused-ring (bicyclic) bond motifs is 1. The highest BCUT2D eigenvalue weighted by molar-refractivity contribution is 5.89. The van der Waals surface area contributed by atoms with E-state index in [9.17, 15) is 9.59 Å². The predicted octanol–water partition coefficient (Wildman–Crippen LogP) is 2.01. The number of amides is 1. The van der Waals surface area contributed by atoms with E-state index in [1.807, 2.05) is 6.07 Å². The van der Waals surface area contributed by atoms with E-state index in [1.54, 1.807) is 19.2 Å². The van der Waals surface area contributed by atoms with Gasteiger partial charge in [-0.25, -0.2) is 9.78 Å². The van der Waals surface area contributed by atoms with Gasteiger partial charge in [0, 0.05) is 32.8 Å². The van der Waals surface area contributed by atoms with Crippen LogP contribution in [0.15, 0.2) is 18.3 Å². The maximum Gasteiger partial charge on any atom is 0.339 e. The number of esters is 1. The van der Waals surface area contributed by atoms with Crippen molar-refractivity contribution in [3.05, 3.63) is 23.9 Å². The fourth-order valence-corrected chi connectivity index (χ4v) is 4.55. The Kier molecular flexibility index (Phi) is 5.53. The van der Waals surface area contributed by atoms with E-state index in [2.05, 4.69) is 15.2 Å². The lowest BCUT2D eigenvalue weighted by molar-refractivity contribution is -0.122. The molecule has 1 aliphatic heterocycles. The van der Waals surface area contributed by atoms with Gasteiger partial charge in [-0.3, -0.25) is 4.79 Å². The van der Waals surface area contributed by atoms with E-state index >= 15 is 0 Å². The van der Waals surface area contributed by atoms with Gasteiger partial charge in [0.25, 0.3) is 0 Å². The fraction of sp³-hybridized carbons (Fsp3) is 0.667. The molecule has 28 heavy (non-hydrogen) atoms. The third kappa shape index (κ3) is 4.29. The first kappa shape index (κ1) is 19.2. The summed E-state index contributed by atoms with van der Waals surface area (Å²) in [6.07, 6.45) is 6.12. The highest BCUT2D eigenvalue weighted by Gasteiger charge is 2.43. The van der Waals surface area contributed by atoms with Gasteiger partial charge in [-0.2, -0.15) is 0 Å². The number of methoxy groups -OCH3 is 1. The number of ether oxygens (including phenoxy) is 2. The normalized spacial score (nSPS) is 29.3. The van der Waals surface area contributed by atoms with Crippen molar-refractivity contribution in [2.24, 2.45) is 17.8 Å². The summed E-state index contributed by atoms with van der Waals surface area (Å²) in [4.78, 5) is 30.0. The summed E-state index contributed by atoms with van der Waals surface area (Å²) in [5.74, 6) is 2.29. The molecule has 7 heteroatoms. The van der Waals surface area contributed by atoms with Crippen molar-refractivity contribution in [2.45, 2.75) is 44.8 Å². The number of anilines is 1. The summed E-state index contributed by atoms with van der Waals surface area (Å²) < 4.78 is 11.0. The smallest absolute Gasteiger partial charge is 0.339 e. The molecule has 0 unspecified atom stereocenters. The van der Waals surface area contributed by atoms with Gasteiger partial charge < -0.3 is 19.7 Å². The number of hydrogen-bond acceptors (Lipinski definition) is 6. The van der Waals surface area contributed by atoms with Crippen molar-refractivity contribution in [1.82, 2.24) is 10.3 Å². The first-order chi connectivity index (χ1) is 13.5. The zero-order valence-electron chi connectivity index (χ0n) is 16.6. The van der Waals surface area contributed by atoms with Gasteiger partial charge in [0.1, 0.15) is 5.82 Å². The average molecular weight is 387 g/mol. The number of nitrogens with one attached hydrogen (secondary N) is 1. The number of nitrogens with zero attached hydrogens (tertiary/aromatic N) is 2. The minimum Gasteiger partial charge on any atom is -0.465 e. The summed E-state index contributed by atoms with van der Waals surface area (Å²) in [7, 11) is 1.37. The van der Waals surface area contributed by atoms with E-state index in [1.165, 1.54) is 20.0 Å². The molecule has 2 heterocycles. The van der Waals surface area contributed by atoms with Crippen molar-refractivity contribution < 1.29 is 19.1 Å². The number of rotatable bonds is 6. The van der Waals surface area contributed by atoms with E-state index in [-0.39, 0.29) is 24.0 Å². The van der Waals surface area contributed by atoms with Crippen LogP contribution >= 0.6 is 0 Å². The third-order valence-electron chi connectivity index (χ3n) is 6.24. The summed E-state index contributed by atoms with van der Waals surface area (Å²) in [5, 5.41) is 3.12. The number of pyridine rings is 1. The number of hydrogen-bond donors (Lipinski definition) is 1. The molecule has 1 saturated heterocycles. The molecule has 1 amide bonds. The molecule has 1 aromatic rings. The monoisotopic (exact) mass is 387 g/mol. The van der Waals surface area contributed by atoms with Crippen LogP contribution in [0.25, 0.3) is 0 Å². The van der Waals surface area contributed by atoms with Gasteiger partial charge in [0.05, 0.1) is 24.8 Å². The Labute approximate surface area is 165 Å². The minimum absolute atomic E-state index is 0.0124. The number of carbonyl (C=O) groups excluding carboxylic acids is 2. The summed E-state index contributed by atoms with van der Waals surface area (Å²) >= 11 is 0. The zero-order chi connectivity index (χ0) is 19.7. The van der Waals surface area contributed by atoms with Crippen LogP contribution in [0.1, 0.15) is 43.0 Å². The van der Waals surface area contributed by atoms with Gasteiger partial charge in [-0.05, 0) is 55.6 Å². The second-order valence-electron chi connectivity index (χ2n) is 8.42. The summed E-state index contributed by atoms with van der Waals surface area (Å²) in [6.45, 7) is 4.25. The van der Waals surface area contributed by atoms with Crippen LogP contribution < -0.4 is 10.2 Å². The largest absolute Gasteiger partial charge is 0.465 e. The van der Waals surface area contributed by atoms with E-state index in [0.717, 1.165) is 38.4 Å². The van der Waals surface area contributed by atoms with E-state index < -0.39 is 0 Å². The van der Waals surface area contributed by atoms with E-state index in [4.69, 9.17) is 9.47 Å². The number of carbonyl (C=O) groups is 2. The molecule has 2 aliphatic carbocycles. The van der Waals surface area contributed by atoms with Crippen LogP contribution in [-0.4, -0.2) is 55.8 Å². The van der Waals surface area contributed by atoms with Gasteiger partial charge in [-0.1, -0.05) is 0 Å². The van der Waals surface area contributed by atoms with Crippen molar-refractivity contribution in [1.29, 1.82) is 0 Å². The highest BCUT2D eigenvalue weighted by Crippen LogP contribution is 2.40. The quantitative estimate of drug-likeness (QED) is 0.752. The molecule has 7 nitrogen and oxygen atoms in total. The van der Waals surface area contributed by atoms with Gasteiger partial charge in [0.2, 0.25) is 5.91 Å². The second kappa shape index (κ2) is 8.07. The molecule has 152 valence electrons. The van der Waals surface area contributed by atoms with Crippen molar-refractivity contribution in [3.8, 4) is 0 Å². The van der Waals surface area contributed by atoms with Crippen LogP contribution in [0.5, 0.6) is 0 Å². The molecule has 0 bridgehead atoms. The zero-order valence-corrected chi connectivity index (χ0v) is 16.6.